The lowest BCUT2D eigenvalue weighted by Gasteiger charge is -2.28. The molecule has 2 unspecified atom stereocenters. The summed E-state index contributed by atoms with van der Waals surface area (Å²) < 4.78 is 0. The molecule has 1 fully saturated rings. The van der Waals surface area contributed by atoms with Gasteiger partial charge in [0, 0.05) is 17.5 Å². The molecule has 2 rings (SSSR count). The fourth-order valence-corrected chi connectivity index (χ4v) is 3.93. The molecule has 1 saturated heterocycles. The van der Waals surface area contributed by atoms with E-state index in [1.807, 2.05) is 12.3 Å². The Morgan fingerprint density at radius 1 is 1.52 bits per heavy atom. The predicted molar refractivity (Wildman–Crippen MR) is 87.4 cm³/mol. The van der Waals surface area contributed by atoms with Gasteiger partial charge in [0.15, 0.2) is 0 Å². The number of rotatable bonds is 6. The van der Waals surface area contributed by atoms with E-state index in [2.05, 4.69) is 29.5 Å². The number of amides is 1. The Morgan fingerprint density at radius 3 is 2.81 bits per heavy atom. The van der Waals surface area contributed by atoms with Crippen LogP contribution in [0.2, 0.25) is 0 Å². The van der Waals surface area contributed by atoms with Gasteiger partial charge in [0.2, 0.25) is 5.91 Å². The van der Waals surface area contributed by atoms with Crippen LogP contribution in [0.25, 0.3) is 0 Å². The van der Waals surface area contributed by atoms with Crippen molar-refractivity contribution in [2.24, 2.45) is 11.8 Å². The predicted octanol–water partition coefficient (Wildman–Crippen LogP) is 3.04. The van der Waals surface area contributed by atoms with Crippen molar-refractivity contribution in [2.45, 2.75) is 52.5 Å². The Kier molecular flexibility index (Phi) is 6.18. The average Bonchev–Trinajstić information content (AvgIpc) is 2.92. The van der Waals surface area contributed by atoms with Gasteiger partial charge in [-0.15, -0.1) is 11.3 Å². The van der Waals surface area contributed by atoms with Crippen LogP contribution < -0.4 is 10.6 Å². The summed E-state index contributed by atoms with van der Waals surface area (Å²) in [6.45, 7) is 8.48. The lowest BCUT2D eigenvalue weighted by atomic mass is 9.84. The Labute approximate surface area is 131 Å². The normalized spacial score (nSPS) is 19.2. The van der Waals surface area contributed by atoms with E-state index in [0.29, 0.717) is 18.3 Å². The van der Waals surface area contributed by atoms with Crippen LogP contribution in [0.5, 0.6) is 0 Å². The number of carbonyl (C=O) groups is 1. The molecule has 2 atom stereocenters. The molecular formula is C16H27N3OS. The highest BCUT2D eigenvalue weighted by Gasteiger charge is 2.23. The first-order valence-electron chi connectivity index (χ1n) is 8.02. The third-order valence-corrected chi connectivity index (χ3v) is 5.45. The number of hydrogen-bond donors (Lipinski definition) is 2. The maximum absolute atomic E-state index is 12.3. The third-order valence-electron chi connectivity index (χ3n) is 4.37. The molecule has 1 aromatic rings. The molecule has 0 spiro atoms. The highest BCUT2D eigenvalue weighted by molar-refractivity contribution is 7.09. The van der Waals surface area contributed by atoms with Gasteiger partial charge in [-0.2, -0.15) is 0 Å². The number of aromatic nitrogens is 1. The summed E-state index contributed by atoms with van der Waals surface area (Å²) in [7, 11) is 0. The Balaban J connectivity index is 1.84. The maximum Gasteiger partial charge on any atom is 0.220 e. The second kappa shape index (κ2) is 7.90. The zero-order valence-corrected chi connectivity index (χ0v) is 14.1. The molecular weight excluding hydrogens is 282 g/mol. The van der Waals surface area contributed by atoms with Crippen molar-refractivity contribution in [1.29, 1.82) is 0 Å². The molecule has 21 heavy (non-hydrogen) atoms. The molecule has 0 radical (unpaired) electrons. The molecule has 1 amide bonds. The first-order chi connectivity index (χ1) is 10.1. The van der Waals surface area contributed by atoms with E-state index in [1.165, 1.54) is 12.8 Å². The molecule has 0 bridgehead atoms. The topological polar surface area (TPSA) is 54.0 Å². The van der Waals surface area contributed by atoms with Gasteiger partial charge < -0.3 is 10.6 Å². The molecule has 1 aliphatic heterocycles. The van der Waals surface area contributed by atoms with Crippen LogP contribution >= 0.6 is 11.3 Å². The quantitative estimate of drug-likeness (QED) is 0.849. The van der Waals surface area contributed by atoms with Crippen molar-refractivity contribution >= 4 is 17.2 Å². The molecule has 0 saturated carbocycles. The van der Waals surface area contributed by atoms with Gasteiger partial charge in [0.05, 0.1) is 6.04 Å². The highest BCUT2D eigenvalue weighted by atomic mass is 32.1. The van der Waals surface area contributed by atoms with Crippen molar-refractivity contribution < 1.29 is 4.79 Å². The lowest BCUT2D eigenvalue weighted by molar-refractivity contribution is -0.123. The first-order valence-corrected chi connectivity index (χ1v) is 8.90. The van der Waals surface area contributed by atoms with Crippen LogP contribution in [0.3, 0.4) is 0 Å². The minimum absolute atomic E-state index is 0.0661. The minimum Gasteiger partial charge on any atom is -0.347 e. The number of hydrogen-bond acceptors (Lipinski definition) is 4. The van der Waals surface area contributed by atoms with Gasteiger partial charge in [-0.3, -0.25) is 4.79 Å². The minimum atomic E-state index is 0.0661. The lowest BCUT2D eigenvalue weighted by Crippen LogP contribution is -2.34. The summed E-state index contributed by atoms with van der Waals surface area (Å²) in [5.74, 6) is 1.31. The summed E-state index contributed by atoms with van der Waals surface area (Å²) in [4.78, 5) is 16.8. The fraction of sp³-hybridized carbons (Fsp3) is 0.750. The van der Waals surface area contributed by atoms with Gasteiger partial charge >= 0.3 is 0 Å². The largest absolute Gasteiger partial charge is 0.347 e. The Bertz CT molecular complexity index is 454. The average molecular weight is 309 g/mol. The van der Waals surface area contributed by atoms with Crippen LogP contribution in [-0.4, -0.2) is 24.0 Å². The van der Waals surface area contributed by atoms with E-state index in [9.17, 15) is 4.79 Å². The first kappa shape index (κ1) is 16.4. The van der Waals surface area contributed by atoms with Crippen LogP contribution in [0.4, 0.5) is 0 Å². The second-order valence-corrected chi connectivity index (χ2v) is 7.01. The molecule has 4 nitrogen and oxygen atoms in total. The Morgan fingerprint density at radius 2 is 2.24 bits per heavy atom. The second-order valence-electron chi connectivity index (χ2n) is 6.12. The van der Waals surface area contributed by atoms with Gasteiger partial charge in [0.25, 0.3) is 0 Å². The molecule has 5 heteroatoms. The summed E-state index contributed by atoms with van der Waals surface area (Å²) >= 11 is 1.64. The van der Waals surface area contributed by atoms with Crippen LogP contribution in [-0.2, 0) is 4.79 Å². The Hall–Kier alpha value is -0.940. The molecule has 2 heterocycles. The molecule has 0 aromatic carbocycles. The van der Waals surface area contributed by atoms with E-state index in [0.717, 1.165) is 30.2 Å². The molecule has 1 aliphatic rings. The SMILES string of the molecule is CCC(NC(=O)CC(C)C1CCNCC1)c1nc(C)cs1. The van der Waals surface area contributed by atoms with E-state index < -0.39 is 0 Å². The van der Waals surface area contributed by atoms with Crippen molar-refractivity contribution in [2.75, 3.05) is 13.1 Å². The zero-order chi connectivity index (χ0) is 15.2. The number of thiazole rings is 1. The van der Waals surface area contributed by atoms with Crippen LogP contribution in [0.1, 0.15) is 56.3 Å². The number of nitrogens with zero attached hydrogens (tertiary/aromatic N) is 1. The van der Waals surface area contributed by atoms with Gasteiger partial charge in [-0.1, -0.05) is 13.8 Å². The molecule has 1 aromatic heterocycles. The third kappa shape index (κ3) is 4.78. The molecule has 0 aliphatic carbocycles. The number of nitrogens with one attached hydrogen (secondary N) is 2. The van der Waals surface area contributed by atoms with Crippen molar-refractivity contribution in [1.82, 2.24) is 15.6 Å². The van der Waals surface area contributed by atoms with Gasteiger partial charge in [-0.25, -0.2) is 4.98 Å². The number of aryl methyl sites for hydroxylation is 1. The fourth-order valence-electron chi connectivity index (χ4n) is 3.00. The monoisotopic (exact) mass is 309 g/mol. The number of piperidine rings is 1. The summed E-state index contributed by atoms with van der Waals surface area (Å²) in [6.07, 6.45) is 3.90. The smallest absolute Gasteiger partial charge is 0.220 e. The number of carbonyl (C=O) groups excluding carboxylic acids is 1. The summed E-state index contributed by atoms with van der Waals surface area (Å²) in [6, 6.07) is 0.0661. The highest BCUT2D eigenvalue weighted by Crippen LogP contribution is 2.25. The van der Waals surface area contributed by atoms with Gasteiger partial charge in [0.1, 0.15) is 5.01 Å². The maximum atomic E-state index is 12.3. The molecule has 118 valence electrons. The van der Waals surface area contributed by atoms with Gasteiger partial charge in [-0.05, 0) is 51.1 Å². The van der Waals surface area contributed by atoms with Crippen LogP contribution in [0.15, 0.2) is 5.38 Å². The van der Waals surface area contributed by atoms with E-state index in [-0.39, 0.29) is 11.9 Å². The summed E-state index contributed by atoms with van der Waals surface area (Å²) in [5.41, 5.74) is 1.03. The van der Waals surface area contributed by atoms with E-state index in [4.69, 9.17) is 0 Å². The zero-order valence-electron chi connectivity index (χ0n) is 13.3. The van der Waals surface area contributed by atoms with Crippen molar-refractivity contribution in [3.63, 3.8) is 0 Å². The van der Waals surface area contributed by atoms with E-state index in [1.54, 1.807) is 11.3 Å². The standard InChI is InChI=1S/C16H27N3OS/c1-4-14(16-18-12(3)10-21-16)19-15(20)9-11(2)13-5-7-17-8-6-13/h10-11,13-14,17H,4-9H2,1-3H3,(H,19,20). The summed E-state index contributed by atoms with van der Waals surface area (Å²) in [5, 5.41) is 9.61. The van der Waals surface area contributed by atoms with E-state index >= 15 is 0 Å². The van der Waals surface area contributed by atoms with Crippen molar-refractivity contribution in [3.8, 4) is 0 Å². The van der Waals surface area contributed by atoms with Crippen LogP contribution in [0, 0.1) is 18.8 Å². The van der Waals surface area contributed by atoms with Crippen molar-refractivity contribution in [3.05, 3.63) is 16.1 Å². The molecule has 2 N–H and O–H groups in total.